The highest BCUT2D eigenvalue weighted by Gasteiger charge is 2.28. The van der Waals surface area contributed by atoms with Crippen LogP contribution in [0.25, 0.3) is 0 Å². The van der Waals surface area contributed by atoms with E-state index in [0.29, 0.717) is 6.61 Å². The molecule has 0 saturated carbocycles. The molecule has 0 fully saturated rings. The van der Waals surface area contributed by atoms with E-state index in [1.54, 1.807) is 18.7 Å². The molecule has 2 rings (SSSR count). The van der Waals surface area contributed by atoms with Crippen molar-refractivity contribution in [2.75, 3.05) is 18.1 Å². The highest BCUT2D eigenvalue weighted by Crippen LogP contribution is 2.39. The largest absolute Gasteiger partial charge is 0.465 e. The Morgan fingerprint density at radius 1 is 1.50 bits per heavy atom. The molecule has 1 heterocycles. The number of ether oxygens (including phenoxy) is 1. The van der Waals surface area contributed by atoms with Gasteiger partial charge in [-0.05, 0) is 26.0 Å². The summed E-state index contributed by atoms with van der Waals surface area (Å²) in [6.07, 6.45) is 0. The molecule has 18 heavy (non-hydrogen) atoms. The minimum absolute atomic E-state index is 0.189. The quantitative estimate of drug-likeness (QED) is 0.628. The molecule has 1 aromatic carbocycles. The molecular weight excluding hydrogens is 266 g/mol. The van der Waals surface area contributed by atoms with Gasteiger partial charge in [-0.25, -0.2) is 0 Å². The van der Waals surface area contributed by atoms with Gasteiger partial charge in [0.25, 0.3) is 0 Å². The zero-order chi connectivity index (χ0) is 13.1. The Bertz CT molecular complexity index is 476. The maximum Gasteiger partial charge on any atom is 0.325 e. The monoisotopic (exact) mass is 281 g/mol. The number of para-hydroxylation sites is 1. The van der Waals surface area contributed by atoms with Crippen LogP contribution in [-0.2, 0) is 9.53 Å². The fraction of sp³-hybridized carbons (Fsp3) is 0.385. The van der Waals surface area contributed by atoms with E-state index >= 15 is 0 Å². The van der Waals surface area contributed by atoms with Gasteiger partial charge in [-0.2, -0.15) is 0 Å². The molecule has 1 atom stereocenters. The van der Waals surface area contributed by atoms with Crippen LogP contribution in [0.3, 0.4) is 0 Å². The number of anilines is 1. The van der Waals surface area contributed by atoms with Crippen molar-refractivity contribution in [3.05, 3.63) is 24.3 Å². The van der Waals surface area contributed by atoms with Crippen molar-refractivity contribution in [2.45, 2.75) is 24.0 Å². The van der Waals surface area contributed by atoms with Crippen molar-refractivity contribution in [1.82, 2.24) is 0 Å². The number of esters is 1. The van der Waals surface area contributed by atoms with Crippen molar-refractivity contribution < 1.29 is 9.53 Å². The predicted octanol–water partition coefficient (Wildman–Crippen LogP) is 2.88. The molecule has 0 aromatic heterocycles. The van der Waals surface area contributed by atoms with Gasteiger partial charge in [-0.3, -0.25) is 4.79 Å². The molecule has 3 nitrogen and oxygen atoms in total. The van der Waals surface area contributed by atoms with Crippen LogP contribution >= 0.6 is 24.0 Å². The number of hydrogen-bond acceptors (Lipinski definition) is 4. The van der Waals surface area contributed by atoms with Crippen molar-refractivity contribution >= 4 is 40.6 Å². The van der Waals surface area contributed by atoms with Crippen LogP contribution in [-0.4, -0.2) is 29.4 Å². The molecule has 5 heteroatoms. The lowest BCUT2D eigenvalue weighted by Crippen LogP contribution is -2.42. The highest BCUT2D eigenvalue weighted by molar-refractivity contribution is 8.02. The molecule has 0 saturated heterocycles. The van der Waals surface area contributed by atoms with Gasteiger partial charge in [0.1, 0.15) is 6.54 Å². The van der Waals surface area contributed by atoms with E-state index in [-0.39, 0.29) is 17.8 Å². The van der Waals surface area contributed by atoms with Gasteiger partial charge in [0.2, 0.25) is 0 Å². The highest BCUT2D eigenvalue weighted by atomic mass is 32.2. The van der Waals surface area contributed by atoms with Gasteiger partial charge in [-0.1, -0.05) is 24.4 Å². The smallest absolute Gasteiger partial charge is 0.325 e. The van der Waals surface area contributed by atoms with Gasteiger partial charge in [0, 0.05) is 4.90 Å². The number of hydrogen-bond donors (Lipinski definition) is 0. The second kappa shape index (κ2) is 5.71. The summed E-state index contributed by atoms with van der Waals surface area (Å²) in [5, 5.41) is 0.198. The third kappa shape index (κ3) is 2.67. The SMILES string of the molecule is CCOC(=O)CN1C(=S)C(C)Sc2ccccc21. The molecule has 1 aromatic rings. The van der Waals surface area contributed by atoms with Crippen molar-refractivity contribution in [3.63, 3.8) is 0 Å². The lowest BCUT2D eigenvalue weighted by atomic mass is 10.2. The zero-order valence-electron chi connectivity index (χ0n) is 10.4. The van der Waals surface area contributed by atoms with E-state index < -0.39 is 0 Å². The maximum absolute atomic E-state index is 11.6. The molecule has 0 amide bonds. The number of nitrogens with zero attached hydrogens (tertiary/aromatic N) is 1. The maximum atomic E-state index is 11.6. The van der Waals surface area contributed by atoms with E-state index in [0.717, 1.165) is 15.6 Å². The molecule has 0 N–H and O–H groups in total. The van der Waals surface area contributed by atoms with E-state index in [1.165, 1.54) is 0 Å². The Kier molecular flexibility index (Phi) is 4.24. The summed E-state index contributed by atoms with van der Waals surface area (Å²) in [5.41, 5.74) is 0.999. The summed E-state index contributed by atoms with van der Waals surface area (Å²) < 4.78 is 5.00. The molecular formula is C13H15NO2S2. The topological polar surface area (TPSA) is 29.5 Å². The molecule has 0 bridgehead atoms. The molecule has 1 unspecified atom stereocenters. The van der Waals surface area contributed by atoms with Gasteiger partial charge < -0.3 is 9.64 Å². The summed E-state index contributed by atoms with van der Waals surface area (Å²) in [6, 6.07) is 7.99. The lowest BCUT2D eigenvalue weighted by Gasteiger charge is -2.34. The van der Waals surface area contributed by atoms with E-state index in [4.69, 9.17) is 17.0 Å². The van der Waals surface area contributed by atoms with Crippen LogP contribution in [0.15, 0.2) is 29.2 Å². The van der Waals surface area contributed by atoms with Crippen LogP contribution in [0.4, 0.5) is 5.69 Å². The van der Waals surface area contributed by atoms with Crippen molar-refractivity contribution in [3.8, 4) is 0 Å². The minimum atomic E-state index is -0.242. The summed E-state index contributed by atoms with van der Waals surface area (Å²) in [4.78, 5) is 15.5. The number of thioether (sulfide) groups is 1. The normalized spacial score (nSPS) is 18.4. The first-order chi connectivity index (χ1) is 8.63. The van der Waals surface area contributed by atoms with E-state index in [1.807, 2.05) is 23.1 Å². The molecule has 1 aliphatic rings. The number of carbonyl (C=O) groups is 1. The summed E-state index contributed by atoms with van der Waals surface area (Å²) in [7, 11) is 0. The van der Waals surface area contributed by atoms with Crippen LogP contribution in [0.1, 0.15) is 13.8 Å². The predicted molar refractivity (Wildman–Crippen MR) is 78.3 cm³/mol. The van der Waals surface area contributed by atoms with Crippen molar-refractivity contribution in [1.29, 1.82) is 0 Å². The molecule has 0 spiro atoms. The average molecular weight is 281 g/mol. The molecule has 96 valence electrons. The summed E-state index contributed by atoms with van der Waals surface area (Å²) >= 11 is 7.16. The van der Waals surface area contributed by atoms with Gasteiger partial charge in [-0.15, -0.1) is 11.8 Å². The first-order valence-corrected chi connectivity index (χ1v) is 7.15. The second-order valence-electron chi connectivity index (χ2n) is 3.96. The second-order valence-corrected chi connectivity index (χ2v) is 5.76. The standard InChI is InChI=1S/C13H15NO2S2/c1-3-16-12(15)8-14-10-6-4-5-7-11(10)18-9(2)13(14)17/h4-7,9H,3,8H2,1-2H3. The Morgan fingerprint density at radius 3 is 2.94 bits per heavy atom. The summed E-state index contributed by atoms with van der Waals surface area (Å²) in [6.45, 7) is 4.44. The molecule has 0 radical (unpaired) electrons. The molecule has 0 aliphatic carbocycles. The number of benzene rings is 1. The molecule has 1 aliphatic heterocycles. The third-order valence-corrected chi connectivity index (χ3v) is 4.57. The van der Waals surface area contributed by atoms with Crippen molar-refractivity contribution in [2.24, 2.45) is 0 Å². The number of rotatable bonds is 3. The fourth-order valence-corrected chi connectivity index (χ4v) is 3.23. The summed E-state index contributed by atoms with van der Waals surface area (Å²) in [5.74, 6) is -0.242. The Labute approximate surface area is 116 Å². The Balaban J connectivity index is 2.27. The van der Waals surface area contributed by atoms with Gasteiger partial charge >= 0.3 is 5.97 Å². The number of thiocarbonyl (C=S) groups is 1. The van der Waals surface area contributed by atoms with Crippen LogP contribution < -0.4 is 4.90 Å². The lowest BCUT2D eigenvalue weighted by molar-refractivity contribution is -0.141. The van der Waals surface area contributed by atoms with Crippen LogP contribution in [0, 0.1) is 0 Å². The average Bonchev–Trinajstić information content (AvgIpc) is 2.35. The van der Waals surface area contributed by atoms with Gasteiger partial charge in [0.05, 0.1) is 22.5 Å². The zero-order valence-corrected chi connectivity index (χ0v) is 12.0. The van der Waals surface area contributed by atoms with Crippen LogP contribution in [0.5, 0.6) is 0 Å². The fourth-order valence-electron chi connectivity index (χ4n) is 1.86. The van der Waals surface area contributed by atoms with Crippen LogP contribution in [0.2, 0.25) is 0 Å². The van der Waals surface area contributed by atoms with E-state index in [2.05, 4.69) is 13.0 Å². The number of carbonyl (C=O) groups excluding carboxylic acids is 1. The first kappa shape index (κ1) is 13.4. The Hall–Kier alpha value is -1.07. The van der Waals surface area contributed by atoms with E-state index in [9.17, 15) is 4.79 Å². The third-order valence-electron chi connectivity index (χ3n) is 2.67. The number of fused-ring (bicyclic) bond motifs is 1. The van der Waals surface area contributed by atoms with Gasteiger partial charge in [0.15, 0.2) is 0 Å². The minimum Gasteiger partial charge on any atom is -0.465 e. The Morgan fingerprint density at radius 2 is 2.22 bits per heavy atom. The first-order valence-electron chi connectivity index (χ1n) is 5.86.